The number of benzene rings is 2. The summed E-state index contributed by atoms with van der Waals surface area (Å²) in [4.78, 5) is 17.0. The standard InChI is InChI=1S/C27H38N2O3/c1-20-18-28(4)21(2)17-27(20,24-10-8-7-9-11-24)14-15-29(22(3)30)19-23-12-13-25(31-5)26(16-23)32-6/h7-13,16,20-21H,14-15,17-19H2,1-6H3/t20-,21-,27+/m1/s1. The Morgan fingerprint density at radius 3 is 2.41 bits per heavy atom. The molecule has 1 heterocycles. The molecule has 0 aromatic heterocycles. The largest absolute Gasteiger partial charge is 0.493 e. The second-order valence-electron chi connectivity index (χ2n) is 9.30. The molecule has 0 radical (unpaired) electrons. The number of nitrogens with zero attached hydrogens (tertiary/aromatic N) is 2. The number of piperidine rings is 1. The highest BCUT2D eigenvalue weighted by atomic mass is 16.5. The molecule has 0 unspecified atom stereocenters. The summed E-state index contributed by atoms with van der Waals surface area (Å²) in [5.41, 5.74) is 2.48. The summed E-state index contributed by atoms with van der Waals surface area (Å²) in [5, 5.41) is 0. The normalized spacial score (nSPS) is 23.6. The van der Waals surface area contributed by atoms with Gasteiger partial charge in [0.1, 0.15) is 0 Å². The van der Waals surface area contributed by atoms with E-state index in [4.69, 9.17) is 9.47 Å². The monoisotopic (exact) mass is 438 g/mol. The molecule has 1 amide bonds. The van der Waals surface area contributed by atoms with Gasteiger partial charge in [0.25, 0.3) is 0 Å². The van der Waals surface area contributed by atoms with Gasteiger partial charge in [-0.05, 0) is 56.0 Å². The van der Waals surface area contributed by atoms with E-state index < -0.39 is 0 Å². The first-order chi connectivity index (χ1) is 15.3. The molecular weight excluding hydrogens is 400 g/mol. The molecule has 1 aliphatic heterocycles. The Morgan fingerprint density at radius 1 is 1.09 bits per heavy atom. The van der Waals surface area contributed by atoms with Crippen molar-refractivity contribution in [3.63, 3.8) is 0 Å². The van der Waals surface area contributed by atoms with E-state index in [0.717, 1.165) is 31.5 Å². The van der Waals surface area contributed by atoms with Crippen LogP contribution in [0.1, 0.15) is 44.7 Å². The lowest BCUT2D eigenvalue weighted by Gasteiger charge is -2.50. The maximum Gasteiger partial charge on any atom is 0.219 e. The number of carbonyl (C=O) groups is 1. The van der Waals surface area contributed by atoms with Crippen molar-refractivity contribution >= 4 is 5.91 Å². The van der Waals surface area contributed by atoms with Gasteiger partial charge in [0.15, 0.2) is 11.5 Å². The smallest absolute Gasteiger partial charge is 0.219 e. The van der Waals surface area contributed by atoms with Gasteiger partial charge in [-0.1, -0.05) is 43.3 Å². The fourth-order valence-corrected chi connectivity index (χ4v) is 5.22. The summed E-state index contributed by atoms with van der Waals surface area (Å²) < 4.78 is 10.8. The van der Waals surface area contributed by atoms with Crippen molar-refractivity contribution in [3.8, 4) is 11.5 Å². The highest BCUT2D eigenvalue weighted by Crippen LogP contribution is 2.44. The highest BCUT2D eigenvalue weighted by molar-refractivity contribution is 5.73. The van der Waals surface area contributed by atoms with Gasteiger partial charge in [0.2, 0.25) is 5.91 Å². The Balaban J connectivity index is 1.84. The van der Waals surface area contributed by atoms with Crippen molar-refractivity contribution in [1.29, 1.82) is 0 Å². The number of rotatable bonds is 8. The van der Waals surface area contributed by atoms with Crippen molar-refractivity contribution in [1.82, 2.24) is 9.80 Å². The second kappa shape index (κ2) is 10.4. The maximum absolute atomic E-state index is 12.6. The van der Waals surface area contributed by atoms with Crippen LogP contribution >= 0.6 is 0 Å². The van der Waals surface area contributed by atoms with Gasteiger partial charge in [0.05, 0.1) is 14.2 Å². The fourth-order valence-electron chi connectivity index (χ4n) is 5.22. The number of amides is 1. The van der Waals surface area contributed by atoms with Crippen LogP contribution in [0.25, 0.3) is 0 Å². The van der Waals surface area contributed by atoms with Gasteiger partial charge >= 0.3 is 0 Å². The van der Waals surface area contributed by atoms with Crippen LogP contribution in [-0.4, -0.2) is 56.1 Å². The number of methoxy groups -OCH3 is 2. The predicted molar refractivity (Wildman–Crippen MR) is 129 cm³/mol. The van der Waals surface area contributed by atoms with Gasteiger partial charge in [-0.25, -0.2) is 0 Å². The molecule has 0 spiro atoms. The minimum Gasteiger partial charge on any atom is -0.493 e. The van der Waals surface area contributed by atoms with Crippen LogP contribution < -0.4 is 9.47 Å². The van der Waals surface area contributed by atoms with Gasteiger partial charge in [0, 0.05) is 38.0 Å². The van der Waals surface area contributed by atoms with E-state index in [0.29, 0.717) is 30.0 Å². The summed E-state index contributed by atoms with van der Waals surface area (Å²) >= 11 is 0. The van der Waals surface area contributed by atoms with Gasteiger partial charge in [-0.3, -0.25) is 4.79 Å². The van der Waals surface area contributed by atoms with E-state index in [1.165, 1.54) is 5.56 Å². The quantitative estimate of drug-likeness (QED) is 0.597. The van der Waals surface area contributed by atoms with Crippen LogP contribution in [0.5, 0.6) is 11.5 Å². The maximum atomic E-state index is 12.6. The Bertz CT molecular complexity index is 901. The SMILES string of the molecule is COc1ccc(CN(CC[C@]2(c3ccccc3)C[C@@H](C)N(C)C[C@H]2C)C(C)=O)cc1OC. The first kappa shape index (κ1) is 24.1. The molecule has 3 rings (SSSR count). The zero-order valence-corrected chi connectivity index (χ0v) is 20.4. The number of hydrogen-bond donors (Lipinski definition) is 0. The van der Waals surface area contributed by atoms with Crippen molar-refractivity contribution in [2.45, 2.75) is 51.6 Å². The lowest BCUT2D eigenvalue weighted by molar-refractivity contribution is -0.129. The zero-order chi connectivity index (χ0) is 23.3. The van der Waals surface area contributed by atoms with Crippen LogP contribution in [0.2, 0.25) is 0 Å². The lowest BCUT2D eigenvalue weighted by atomic mass is 9.63. The van der Waals surface area contributed by atoms with Gasteiger partial charge in [-0.2, -0.15) is 0 Å². The summed E-state index contributed by atoms with van der Waals surface area (Å²) in [5.74, 6) is 1.98. The van der Waals surface area contributed by atoms with E-state index in [-0.39, 0.29) is 11.3 Å². The molecule has 174 valence electrons. The molecule has 0 bridgehead atoms. The molecule has 0 saturated carbocycles. The Morgan fingerprint density at radius 2 is 1.78 bits per heavy atom. The molecule has 1 saturated heterocycles. The summed E-state index contributed by atoms with van der Waals surface area (Å²) in [6.07, 6.45) is 2.04. The molecule has 32 heavy (non-hydrogen) atoms. The van der Waals surface area contributed by atoms with Crippen LogP contribution in [0, 0.1) is 5.92 Å². The van der Waals surface area contributed by atoms with E-state index in [2.05, 4.69) is 56.1 Å². The van der Waals surface area contributed by atoms with E-state index in [1.54, 1.807) is 21.1 Å². The number of hydrogen-bond acceptors (Lipinski definition) is 4. The first-order valence-electron chi connectivity index (χ1n) is 11.5. The van der Waals surface area contributed by atoms with Crippen LogP contribution in [0.4, 0.5) is 0 Å². The third-order valence-corrected chi connectivity index (χ3v) is 7.36. The van der Waals surface area contributed by atoms with Crippen molar-refractivity contribution in [2.75, 3.05) is 34.4 Å². The highest BCUT2D eigenvalue weighted by Gasteiger charge is 2.43. The van der Waals surface area contributed by atoms with Crippen molar-refractivity contribution < 1.29 is 14.3 Å². The van der Waals surface area contributed by atoms with E-state index >= 15 is 0 Å². The average molecular weight is 439 g/mol. The number of carbonyl (C=O) groups excluding carboxylic acids is 1. The topological polar surface area (TPSA) is 42.0 Å². The number of ether oxygens (including phenoxy) is 2. The van der Waals surface area contributed by atoms with Crippen LogP contribution in [0.15, 0.2) is 48.5 Å². The molecular formula is C27H38N2O3. The van der Waals surface area contributed by atoms with Crippen LogP contribution in [0.3, 0.4) is 0 Å². The third-order valence-electron chi connectivity index (χ3n) is 7.36. The molecule has 5 nitrogen and oxygen atoms in total. The summed E-state index contributed by atoms with van der Waals surface area (Å²) in [6.45, 7) is 8.68. The number of likely N-dealkylation sites (tertiary alicyclic amines) is 1. The Hall–Kier alpha value is -2.53. The van der Waals surface area contributed by atoms with E-state index in [1.807, 2.05) is 23.1 Å². The zero-order valence-electron chi connectivity index (χ0n) is 20.4. The average Bonchev–Trinajstić information content (AvgIpc) is 2.79. The fraction of sp³-hybridized carbons (Fsp3) is 0.519. The minimum atomic E-state index is 0.0541. The molecule has 1 aliphatic rings. The Labute approximate surface area is 193 Å². The second-order valence-corrected chi connectivity index (χ2v) is 9.30. The predicted octanol–water partition coefficient (Wildman–Crippen LogP) is 4.74. The van der Waals surface area contributed by atoms with Crippen LogP contribution in [-0.2, 0) is 16.8 Å². The molecule has 3 atom stereocenters. The lowest BCUT2D eigenvalue weighted by Crippen LogP contribution is -2.52. The first-order valence-corrected chi connectivity index (χ1v) is 11.5. The summed E-state index contributed by atoms with van der Waals surface area (Å²) in [7, 11) is 5.48. The molecule has 5 heteroatoms. The summed E-state index contributed by atoms with van der Waals surface area (Å²) in [6, 6.07) is 17.3. The van der Waals surface area contributed by atoms with Gasteiger partial charge in [-0.15, -0.1) is 0 Å². The van der Waals surface area contributed by atoms with Crippen molar-refractivity contribution in [3.05, 3.63) is 59.7 Å². The third kappa shape index (κ3) is 5.09. The molecule has 0 aliphatic carbocycles. The molecule has 2 aromatic rings. The molecule has 0 N–H and O–H groups in total. The Kier molecular flexibility index (Phi) is 7.83. The van der Waals surface area contributed by atoms with Gasteiger partial charge < -0.3 is 19.3 Å². The van der Waals surface area contributed by atoms with Crippen molar-refractivity contribution in [2.24, 2.45) is 5.92 Å². The van der Waals surface area contributed by atoms with E-state index in [9.17, 15) is 4.79 Å². The minimum absolute atomic E-state index is 0.0541. The molecule has 1 fully saturated rings. The molecule has 2 aromatic carbocycles.